The maximum Gasteiger partial charge on any atom is 0.276 e. The third-order valence-corrected chi connectivity index (χ3v) is 3.88. The maximum atomic E-state index is 11.8. The van der Waals surface area contributed by atoms with Crippen molar-refractivity contribution < 1.29 is 14.3 Å². The van der Waals surface area contributed by atoms with Gasteiger partial charge in [-0.25, -0.2) is 0 Å². The van der Waals surface area contributed by atoms with Crippen LogP contribution in [0.5, 0.6) is 5.75 Å². The number of hydrogen-bond acceptors (Lipinski definition) is 3. The Morgan fingerprint density at radius 2 is 1.36 bits per heavy atom. The fraction of sp³-hybridized carbons (Fsp3) is 0.0435. The van der Waals surface area contributed by atoms with Crippen LogP contribution in [-0.4, -0.2) is 18.4 Å². The molecular weight excluding hydrogens is 352 g/mol. The zero-order chi connectivity index (χ0) is 19.6. The van der Waals surface area contributed by atoms with Gasteiger partial charge in [-0.05, 0) is 34.9 Å². The second-order valence-electron chi connectivity index (χ2n) is 5.96. The normalized spacial score (nSPS) is 10.4. The van der Waals surface area contributed by atoms with Gasteiger partial charge in [0.2, 0.25) is 0 Å². The van der Waals surface area contributed by atoms with E-state index in [1.807, 2.05) is 72.8 Å². The summed E-state index contributed by atoms with van der Waals surface area (Å²) in [6, 6.07) is 26.8. The van der Waals surface area contributed by atoms with Crippen LogP contribution in [0.15, 0.2) is 91.0 Å². The lowest BCUT2D eigenvalue weighted by Crippen LogP contribution is -2.43. The van der Waals surface area contributed by atoms with Crippen molar-refractivity contribution >= 4 is 17.9 Å². The van der Waals surface area contributed by atoms with Crippen molar-refractivity contribution in [3.63, 3.8) is 0 Å². The standard InChI is InChI=1S/C23H20N2O3/c26-22(16-11-18-7-3-1-4-8-18)24-25-23(27)17-28-21-14-12-20(13-15-21)19-9-5-2-6-10-19/h1-16H,17H2,(H,24,26)(H,25,27)/b16-11+. The Bertz CT molecular complexity index is 937. The van der Waals surface area contributed by atoms with Gasteiger partial charge in [0.15, 0.2) is 6.61 Å². The van der Waals surface area contributed by atoms with Crippen LogP contribution in [0.25, 0.3) is 17.2 Å². The van der Waals surface area contributed by atoms with Gasteiger partial charge in [-0.1, -0.05) is 72.8 Å². The second kappa shape index (κ2) is 9.73. The van der Waals surface area contributed by atoms with Crippen molar-refractivity contribution in [2.24, 2.45) is 0 Å². The summed E-state index contributed by atoms with van der Waals surface area (Å²) >= 11 is 0. The first-order valence-electron chi connectivity index (χ1n) is 8.81. The monoisotopic (exact) mass is 372 g/mol. The first-order chi connectivity index (χ1) is 13.7. The van der Waals surface area contributed by atoms with E-state index in [-0.39, 0.29) is 6.61 Å². The number of hydrazine groups is 1. The Balaban J connectivity index is 1.42. The summed E-state index contributed by atoms with van der Waals surface area (Å²) in [6.45, 7) is -0.201. The van der Waals surface area contributed by atoms with E-state index in [9.17, 15) is 9.59 Å². The lowest BCUT2D eigenvalue weighted by atomic mass is 10.1. The Morgan fingerprint density at radius 3 is 2.04 bits per heavy atom. The van der Waals surface area contributed by atoms with E-state index in [0.717, 1.165) is 16.7 Å². The highest BCUT2D eigenvalue weighted by Crippen LogP contribution is 2.21. The van der Waals surface area contributed by atoms with Crippen molar-refractivity contribution in [2.45, 2.75) is 0 Å². The minimum absolute atomic E-state index is 0.201. The molecule has 5 heteroatoms. The summed E-state index contributed by atoms with van der Waals surface area (Å²) in [6.07, 6.45) is 3.01. The van der Waals surface area contributed by atoms with Gasteiger partial charge in [-0.15, -0.1) is 0 Å². The molecule has 0 atom stereocenters. The molecule has 0 aliphatic heterocycles. The molecule has 140 valence electrons. The first-order valence-corrected chi connectivity index (χ1v) is 8.81. The molecule has 0 unspecified atom stereocenters. The molecule has 28 heavy (non-hydrogen) atoms. The van der Waals surface area contributed by atoms with Crippen LogP contribution in [0.1, 0.15) is 5.56 Å². The highest BCUT2D eigenvalue weighted by molar-refractivity contribution is 5.93. The van der Waals surface area contributed by atoms with E-state index in [4.69, 9.17) is 4.74 Å². The van der Waals surface area contributed by atoms with Crippen molar-refractivity contribution in [1.82, 2.24) is 10.9 Å². The zero-order valence-corrected chi connectivity index (χ0v) is 15.2. The van der Waals surface area contributed by atoms with Crippen LogP contribution < -0.4 is 15.6 Å². The van der Waals surface area contributed by atoms with Gasteiger partial charge in [0, 0.05) is 6.08 Å². The molecule has 0 heterocycles. The van der Waals surface area contributed by atoms with Crippen molar-refractivity contribution in [3.05, 3.63) is 96.6 Å². The van der Waals surface area contributed by atoms with Gasteiger partial charge >= 0.3 is 0 Å². The number of carbonyl (C=O) groups excluding carboxylic acids is 2. The van der Waals surface area contributed by atoms with Gasteiger partial charge in [0.1, 0.15) is 5.75 Å². The van der Waals surface area contributed by atoms with E-state index in [1.54, 1.807) is 18.2 Å². The third kappa shape index (κ3) is 5.85. The molecule has 0 aromatic heterocycles. The number of carbonyl (C=O) groups is 2. The minimum Gasteiger partial charge on any atom is -0.484 e. The van der Waals surface area contributed by atoms with Crippen molar-refractivity contribution in [1.29, 1.82) is 0 Å². The second-order valence-corrected chi connectivity index (χ2v) is 5.96. The molecule has 3 aromatic rings. The Labute approximate surface area is 163 Å². The number of ether oxygens (including phenoxy) is 1. The van der Waals surface area contributed by atoms with E-state index < -0.39 is 11.8 Å². The van der Waals surface area contributed by atoms with E-state index in [0.29, 0.717) is 5.75 Å². The molecule has 0 bridgehead atoms. The molecule has 0 saturated carbocycles. The first kappa shape index (κ1) is 18.9. The number of benzene rings is 3. The van der Waals surface area contributed by atoms with E-state index in [2.05, 4.69) is 10.9 Å². The molecule has 0 spiro atoms. The summed E-state index contributed by atoms with van der Waals surface area (Å²) in [5.74, 6) is -0.303. The molecule has 0 aliphatic carbocycles. The summed E-state index contributed by atoms with van der Waals surface area (Å²) < 4.78 is 5.44. The molecule has 5 nitrogen and oxygen atoms in total. The van der Waals surface area contributed by atoms with E-state index >= 15 is 0 Å². The molecule has 0 radical (unpaired) electrons. The van der Waals surface area contributed by atoms with E-state index in [1.165, 1.54) is 6.08 Å². The summed E-state index contributed by atoms with van der Waals surface area (Å²) in [7, 11) is 0. The third-order valence-electron chi connectivity index (χ3n) is 3.88. The lowest BCUT2D eigenvalue weighted by Gasteiger charge is -2.08. The van der Waals surface area contributed by atoms with Crippen LogP contribution >= 0.6 is 0 Å². The molecule has 2 amide bonds. The fourth-order valence-electron chi connectivity index (χ4n) is 2.47. The van der Waals surface area contributed by atoms with Crippen LogP contribution in [0.2, 0.25) is 0 Å². The van der Waals surface area contributed by atoms with Crippen LogP contribution in [0, 0.1) is 0 Å². The summed E-state index contributed by atoms with van der Waals surface area (Å²) in [4.78, 5) is 23.5. The lowest BCUT2D eigenvalue weighted by molar-refractivity contribution is -0.128. The largest absolute Gasteiger partial charge is 0.484 e. The quantitative estimate of drug-likeness (QED) is 0.513. The average Bonchev–Trinajstić information content (AvgIpc) is 2.76. The highest BCUT2D eigenvalue weighted by atomic mass is 16.5. The number of hydrogen-bond donors (Lipinski definition) is 2. The number of amides is 2. The molecule has 0 aliphatic rings. The van der Waals surface area contributed by atoms with Gasteiger partial charge < -0.3 is 4.74 Å². The number of rotatable bonds is 6. The zero-order valence-electron chi connectivity index (χ0n) is 15.2. The molecule has 3 rings (SSSR count). The molecule has 2 N–H and O–H groups in total. The van der Waals surface area contributed by atoms with Crippen LogP contribution in [0.3, 0.4) is 0 Å². The fourth-order valence-corrected chi connectivity index (χ4v) is 2.47. The minimum atomic E-state index is -0.450. The molecule has 0 saturated heterocycles. The SMILES string of the molecule is O=C(/C=C/c1ccccc1)NNC(=O)COc1ccc(-c2ccccc2)cc1. The maximum absolute atomic E-state index is 11.8. The summed E-state index contributed by atoms with van der Waals surface area (Å²) in [5.41, 5.74) is 7.69. The van der Waals surface area contributed by atoms with Gasteiger partial charge in [-0.3, -0.25) is 20.4 Å². The van der Waals surface area contributed by atoms with Gasteiger partial charge in [0.05, 0.1) is 0 Å². The highest BCUT2D eigenvalue weighted by Gasteiger charge is 2.04. The van der Waals surface area contributed by atoms with Gasteiger partial charge in [-0.2, -0.15) is 0 Å². The number of nitrogens with one attached hydrogen (secondary N) is 2. The van der Waals surface area contributed by atoms with Crippen LogP contribution in [0.4, 0.5) is 0 Å². The van der Waals surface area contributed by atoms with Crippen LogP contribution in [-0.2, 0) is 9.59 Å². The summed E-state index contributed by atoms with van der Waals surface area (Å²) in [5, 5.41) is 0. The van der Waals surface area contributed by atoms with Crippen molar-refractivity contribution in [3.8, 4) is 16.9 Å². The molecule has 3 aromatic carbocycles. The van der Waals surface area contributed by atoms with Gasteiger partial charge in [0.25, 0.3) is 11.8 Å². The predicted molar refractivity (Wildman–Crippen MR) is 109 cm³/mol. The topological polar surface area (TPSA) is 67.4 Å². The average molecular weight is 372 g/mol. The molecular formula is C23H20N2O3. The smallest absolute Gasteiger partial charge is 0.276 e. The Hall–Kier alpha value is -3.86. The Kier molecular flexibility index (Phi) is 6.57. The Morgan fingerprint density at radius 1 is 0.750 bits per heavy atom. The van der Waals surface area contributed by atoms with Crippen molar-refractivity contribution in [2.75, 3.05) is 6.61 Å². The predicted octanol–water partition coefficient (Wildman–Crippen LogP) is 3.59. The molecule has 0 fully saturated rings.